The standard InChI is InChI=1S/C16H16BrCl2NO/c1-2-7-20-10-11-3-5-15(13(18)8-11)21-16-6-4-12(17)9-14(16)19/h3-6,8-9,20H,2,7,10H2,1H3. The second-order valence-electron chi connectivity index (χ2n) is 4.62. The lowest BCUT2D eigenvalue weighted by Gasteiger charge is -2.11. The first-order chi connectivity index (χ1) is 10.1. The van der Waals surface area contributed by atoms with Gasteiger partial charge < -0.3 is 10.1 Å². The van der Waals surface area contributed by atoms with E-state index < -0.39 is 0 Å². The zero-order chi connectivity index (χ0) is 15.2. The van der Waals surface area contributed by atoms with Crippen LogP contribution in [0.5, 0.6) is 11.5 Å². The molecule has 2 aromatic carbocycles. The van der Waals surface area contributed by atoms with E-state index in [1.807, 2.05) is 24.3 Å². The number of halogens is 3. The van der Waals surface area contributed by atoms with E-state index in [-0.39, 0.29) is 0 Å². The van der Waals surface area contributed by atoms with Gasteiger partial charge in [-0.3, -0.25) is 0 Å². The predicted octanol–water partition coefficient (Wildman–Crippen LogP) is 6.05. The van der Waals surface area contributed by atoms with Gasteiger partial charge in [0.1, 0.15) is 11.5 Å². The van der Waals surface area contributed by atoms with Gasteiger partial charge in [-0.15, -0.1) is 0 Å². The lowest BCUT2D eigenvalue weighted by molar-refractivity contribution is 0.482. The molecule has 0 spiro atoms. The van der Waals surface area contributed by atoms with Crippen LogP contribution in [0.25, 0.3) is 0 Å². The summed E-state index contributed by atoms with van der Waals surface area (Å²) in [6.45, 7) is 3.93. The molecule has 112 valence electrons. The number of hydrogen-bond acceptors (Lipinski definition) is 2. The second-order valence-corrected chi connectivity index (χ2v) is 6.35. The van der Waals surface area contributed by atoms with Crippen molar-refractivity contribution in [3.8, 4) is 11.5 Å². The molecular formula is C16H16BrCl2NO. The minimum Gasteiger partial charge on any atom is -0.454 e. The smallest absolute Gasteiger partial charge is 0.146 e. The molecule has 5 heteroatoms. The number of hydrogen-bond donors (Lipinski definition) is 1. The highest BCUT2D eigenvalue weighted by molar-refractivity contribution is 9.10. The third kappa shape index (κ3) is 4.89. The molecule has 0 fully saturated rings. The van der Waals surface area contributed by atoms with Crippen molar-refractivity contribution in [2.75, 3.05) is 6.54 Å². The van der Waals surface area contributed by atoms with Crippen LogP contribution in [0.3, 0.4) is 0 Å². The number of nitrogens with one attached hydrogen (secondary N) is 1. The molecule has 0 aliphatic heterocycles. The quantitative estimate of drug-likeness (QED) is 0.608. The Balaban J connectivity index is 2.10. The van der Waals surface area contributed by atoms with E-state index in [2.05, 4.69) is 28.2 Å². The summed E-state index contributed by atoms with van der Waals surface area (Å²) in [7, 11) is 0. The molecule has 0 aliphatic carbocycles. The minimum absolute atomic E-state index is 0.536. The lowest BCUT2D eigenvalue weighted by Crippen LogP contribution is -2.13. The van der Waals surface area contributed by atoms with E-state index in [4.69, 9.17) is 27.9 Å². The van der Waals surface area contributed by atoms with E-state index in [0.717, 1.165) is 29.5 Å². The van der Waals surface area contributed by atoms with Gasteiger partial charge in [-0.25, -0.2) is 0 Å². The molecule has 0 saturated carbocycles. The third-order valence-corrected chi connectivity index (χ3v) is 3.95. The summed E-state index contributed by atoms with van der Waals surface area (Å²) in [4.78, 5) is 0. The normalized spacial score (nSPS) is 10.7. The molecule has 0 amide bonds. The van der Waals surface area contributed by atoms with Crippen LogP contribution in [-0.4, -0.2) is 6.54 Å². The molecule has 0 saturated heterocycles. The molecule has 2 nitrogen and oxygen atoms in total. The molecule has 0 radical (unpaired) electrons. The van der Waals surface area contributed by atoms with Crippen molar-refractivity contribution in [3.63, 3.8) is 0 Å². The van der Waals surface area contributed by atoms with Crippen LogP contribution in [0.4, 0.5) is 0 Å². The fourth-order valence-electron chi connectivity index (χ4n) is 1.82. The van der Waals surface area contributed by atoms with Crippen molar-refractivity contribution in [2.45, 2.75) is 19.9 Å². The number of ether oxygens (including phenoxy) is 1. The summed E-state index contributed by atoms with van der Waals surface area (Å²) in [6, 6.07) is 11.2. The summed E-state index contributed by atoms with van der Waals surface area (Å²) in [5.74, 6) is 1.18. The Morgan fingerprint density at radius 1 is 1.05 bits per heavy atom. The fourth-order valence-corrected chi connectivity index (χ4v) is 2.78. The van der Waals surface area contributed by atoms with E-state index in [9.17, 15) is 0 Å². The monoisotopic (exact) mass is 387 g/mol. The molecule has 2 rings (SSSR count). The Morgan fingerprint density at radius 3 is 2.33 bits per heavy atom. The zero-order valence-corrected chi connectivity index (χ0v) is 14.7. The van der Waals surface area contributed by atoms with E-state index in [1.165, 1.54) is 0 Å². The molecule has 2 aromatic rings. The molecule has 1 N–H and O–H groups in total. The summed E-state index contributed by atoms with van der Waals surface area (Å²) < 4.78 is 6.68. The first-order valence-corrected chi connectivity index (χ1v) is 8.27. The first-order valence-electron chi connectivity index (χ1n) is 6.72. The summed E-state index contributed by atoms with van der Waals surface area (Å²) in [5.41, 5.74) is 1.13. The Labute approximate surface area is 143 Å². The van der Waals surface area contributed by atoms with Crippen molar-refractivity contribution in [3.05, 3.63) is 56.5 Å². The molecular weight excluding hydrogens is 373 g/mol. The zero-order valence-electron chi connectivity index (χ0n) is 11.6. The average molecular weight is 389 g/mol. The van der Waals surface area contributed by atoms with Crippen LogP contribution < -0.4 is 10.1 Å². The molecule has 21 heavy (non-hydrogen) atoms. The minimum atomic E-state index is 0.536. The first kappa shape index (κ1) is 16.6. The number of rotatable bonds is 6. The van der Waals surface area contributed by atoms with E-state index in [0.29, 0.717) is 21.5 Å². The maximum absolute atomic E-state index is 6.27. The van der Waals surface area contributed by atoms with Gasteiger partial charge in [-0.2, -0.15) is 0 Å². The SMILES string of the molecule is CCCNCc1ccc(Oc2ccc(Br)cc2Cl)c(Cl)c1. The van der Waals surface area contributed by atoms with Gasteiger partial charge in [0, 0.05) is 11.0 Å². The van der Waals surface area contributed by atoms with Gasteiger partial charge in [0.2, 0.25) is 0 Å². The van der Waals surface area contributed by atoms with Gasteiger partial charge in [0.15, 0.2) is 0 Å². The molecule has 0 atom stereocenters. The van der Waals surface area contributed by atoms with Crippen LogP contribution in [0, 0.1) is 0 Å². The molecule has 0 aliphatic rings. The number of benzene rings is 2. The molecule has 0 bridgehead atoms. The summed E-state index contributed by atoms with van der Waals surface area (Å²) in [5, 5.41) is 4.45. The van der Waals surface area contributed by atoms with Crippen LogP contribution >= 0.6 is 39.1 Å². The molecule has 0 aromatic heterocycles. The largest absolute Gasteiger partial charge is 0.454 e. The maximum atomic E-state index is 6.27. The van der Waals surface area contributed by atoms with E-state index in [1.54, 1.807) is 12.1 Å². The highest BCUT2D eigenvalue weighted by Gasteiger charge is 2.08. The van der Waals surface area contributed by atoms with Crippen molar-refractivity contribution < 1.29 is 4.74 Å². The van der Waals surface area contributed by atoms with Gasteiger partial charge >= 0.3 is 0 Å². The third-order valence-electron chi connectivity index (χ3n) is 2.87. The van der Waals surface area contributed by atoms with Crippen molar-refractivity contribution in [1.82, 2.24) is 5.32 Å². The Morgan fingerprint density at radius 2 is 1.71 bits per heavy atom. The van der Waals surface area contributed by atoms with Crippen molar-refractivity contribution >= 4 is 39.1 Å². The fraction of sp³-hybridized carbons (Fsp3) is 0.250. The lowest BCUT2D eigenvalue weighted by atomic mass is 10.2. The topological polar surface area (TPSA) is 21.3 Å². The van der Waals surface area contributed by atoms with Crippen LogP contribution in [0.2, 0.25) is 10.0 Å². The maximum Gasteiger partial charge on any atom is 0.146 e. The highest BCUT2D eigenvalue weighted by atomic mass is 79.9. The molecule has 0 unspecified atom stereocenters. The van der Waals surface area contributed by atoms with Gasteiger partial charge in [-0.05, 0) is 48.9 Å². The van der Waals surface area contributed by atoms with Crippen LogP contribution in [0.1, 0.15) is 18.9 Å². The molecule has 0 heterocycles. The van der Waals surface area contributed by atoms with Crippen LogP contribution in [-0.2, 0) is 6.54 Å². The van der Waals surface area contributed by atoms with Crippen molar-refractivity contribution in [2.24, 2.45) is 0 Å². The van der Waals surface area contributed by atoms with Gasteiger partial charge in [-0.1, -0.05) is 52.1 Å². The summed E-state index contributed by atoms with van der Waals surface area (Å²) >= 11 is 15.8. The summed E-state index contributed by atoms with van der Waals surface area (Å²) in [6.07, 6.45) is 1.11. The Hall–Kier alpha value is -0.740. The Bertz CT molecular complexity index is 619. The van der Waals surface area contributed by atoms with Gasteiger partial charge in [0.05, 0.1) is 10.0 Å². The predicted molar refractivity (Wildman–Crippen MR) is 92.7 cm³/mol. The van der Waals surface area contributed by atoms with Crippen LogP contribution in [0.15, 0.2) is 40.9 Å². The van der Waals surface area contributed by atoms with Crippen molar-refractivity contribution in [1.29, 1.82) is 0 Å². The highest BCUT2D eigenvalue weighted by Crippen LogP contribution is 2.35. The van der Waals surface area contributed by atoms with E-state index >= 15 is 0 Å². The Kier molecular flexibility index (Phi) is 6.37. The van der Waals surface area contributed by atoms with Gasteiger partial charge in [0.25, 0.3) is 0 Å². The average Bonchev–Trinajstić information content (AvgIpc) is 2.44. The second kappa shape index (κ2) is 8.04.